The van der Waals surface area contributed by atoms with E-state index in [4.69, 9.17) is 4.84 Å². The van der Waals surface area contributed by atoms with E-state index in [0.29, 0.717) is 17.9 Å². The number of carbonyl (C=O) groups excluding carboxylic acids is 5. The van der Waals surface area contributed by atoms with Crippen LogP contribution >= 0.6 is 0 Å². The predicted octanol–water partition coefficient (Wildman–Crippen LogP) is 0.183. The predicted molar refractivity (Wildman–Crippen MR) is 86.5 cm³/mol. The van der Waals surface area contributed by atoms with Gasteiger partial charge in [-0.15, -0.1) is 5.06 Å². The Labute approximate surface area is 146 Å². The molecule has 1 aliphatic rings. The van der Waals surface area contributed by atoms with Gasteiger partial charge in [0.1, 0.15) is 6.04 Å². The summed E-state index contributed by atoms with van der Waals surface area (Å²) in [6.45, 7) is 5.14. The Bertz CT molecular complexity index is 532. The minimum atomic E-state index is -1.19. The van der Waals surface area contributed by atoms with Crippen LogP contribution in [-0.2, 0) is 28.8 Å². The number of hydrogen-bond donors (Lipinski definition) is 2. The second kappa shape index (κ2) is 9.75. The fourth-order valence-electron chi connectivity index (χ4n) is 2.35. The second-order valence-electron chi connectivity index (χ2n) is 5.71. The molecule has 0 aromatic rings. The topological polar surface area (TPSA) is 122 Å². The Hall–Kier alpha value is -2.45. The second-order valence-corrected chi connectivity index (χ2v) is 5.71. The van der Waals surface area contributed by atoms with E-state index in [0.717, 1.165) is 0 Å². The zero-order valence-electron chi connectivity index (χ0n) is 14.8. The fourth-order valence-corrected chi connectivity index (χ4v) is 2.35. The molecule has 9 nitrogen and oxygen atoms in total. The van der Waals surface area contributed by atoms with E-state index in [-0.39, 0.29) is 31.6 Å². The van der Waals surface area contributed by atoms with Gasteiger partial charge in [-0.1, -0.05) is 27.2 Å². The summed E-state index contributed by atoms with van der Waals surface area (Å²) in [7, 11) is 0. The highest BCUT2D eigenvalue weighted by Crippen LogP contribution is 2.14. The Morgan fingerprint density at radius 2 is 1.52 bits per heavy atom. The molecule has 2 atom stereocenters. The summed E-state index contributed by atoms with van der Waals surface area (Å²) >= 11 is 0. The van der Waals surface area contributed by atoms with Crippen molar-refractivity contribution in [1.29, 1.82) is 0 Å². The van der Waals surface area contributed by atoms with Crippen molar-refractivity contribution in [3.8, 4) is 0 Å². The number of hydroxylamine groups is 2. The normalized spacial score (nSPS) is 16.4. The summed E-state index contributed by atoms with van der Waals surface area (Å²) in [6.07, 6.45) is 1.35. The van der Waals surface area contributed by atoms with Gasteiger partial charge in [0.05, 0.1) is 6.04 Å². The average molecular weight is 355 g/mol. The molecule has 4 amide bonds. The molecule has 0 bridgehead atoms. The van der Waals surface area contributed by atoms with E-state index in [1.807, 2.05) is 6.92 Å². The van der Waals surface area contributed by atoms with E-state index in [2.05, 4.69) is 10.6 Å². The summed E-state index contributed by atoms with van der Waals surface area (Å²) in [5.41, 5.74) is 0. The van der Waals surface area contributed by atoms with Crippen molar-refractivity contribution < 1.29 is 28.8 Å². The third kappa shape index (κ3) is 5.84. The third-order valence-corrected chi connectivity index (χ3v) is 3.75. The van der Waals surface area contributed by atoms with Crippen molar-refractivity contribution in [2.75, 3.05) is 0 Å². The van der Waals surface area contributed by atoms with E-state index in [1.165, 1.54) is 0 Å². The number of nitrogens with one attached hydrogen (secondary N) is 2. The smallest absolute Gasteiger partial charge is 0.351 e. The molecule has 1 aliphatic heterocycles. The van der Waals surface area contributed by atoms with E-state index < -0.39 is 35.8 Å². The maximum absolute atomic E-state index is 12.5. The molecule has 1 rings (SSSR count). The van der Waals surface area contributed by atoms with Gasteiger partial charge in [0.15, 0.2) is 0 Å². The minimum absolute atomic E-state index is 0.0247. The highest BCUT2D eigenvalue weighted by Gasteiger charge is 2.38. The molecule has 0 aromatic carbocycles. The lowest BCUT2D eigenvalue weighted by Crippen LogP contribution is -2.57. The quantitative estimate of drug-likeness (QED) is 0.569. The van der Waals surface area contributed by atoms with Crippen LogP contribution in [0.15, 0.2) is 0 Å². The number of rotatable bonds is 9. The standard InChI is InChI=1S/C16H25N3O6/c1-4-7-10(17-11(20)5-2)15(18-12(21)6-3)16(24)25-19-13(22)8-9-14(19)23/h10,15H,4-9H2,1-3H3,(H,17,20)(H,18,21). The number of hydrogen-bond acceptors (Lipinski definition) is 6. The van der Waals surface area contributed by atoms with Crippen LogP contribution in [-0.4, -0.2) is 46.7 Å². The number of amides is 4. The van der Waals surface area contributed by atoms with Gasteiger partial charge < -0.3 is 15.5 Å². The largest absolute Gasteiger partial charge is 0.357 e. The molecule has 2 N–H and O–H groups in total. The highest BCUT2D eigenvalue weighted by molar-refractivity contribution is 6.02. The van der Waals surface area contributed by atoms with Crippen LogP contribution in [0, 0.1) is 0 Å². The summed E-state index contributed by atoms with van der Waals surface area (Å²) in [5.74, 6) is -2.87. The summed E-state index contributed by atoms with van der Waals surface area (Å²) < 4.78 is 0. The summed E-state index contributed by atoms with van der Waals surface area (Å²) in [5, 5.41) is 5.62. The van der Waals surface area contributed by atoms with Crippen LogP contribution in [0.3, 0.4) is 0 Å². The van der Waals surface area contributed by atoms with Crippen molar-refractivity contribution in [1.82, 2.24) is 15.7 Å². The van der Waals surface area contributed by atoms with Crippen LogP contribution in [0.25, 0.3) is 0 Å². The van der Waals surface area contributed by atoms with Gasteiger partial charge >= 0.3 is 5.97 Å². The number of carbonyl (C=O) groups is 5. The molecule has 140 valence electrons. The first-order valence-electron chi connectivity index (χ1n) is 8.50. The molecule has 0 spiro atoms. The lowest BCUT2D eigenvalue weighted by atomic mass is 10.0. The third-order valence-electron chi connectivity index (χ3n) is 3.75. The molecule has 25 heavy (non-hydrogen) atoms. The summed E-state index contributed by atoms with van der Waals surface area (Å²) in [6, 6.07) is -1.89. The van der Waals surface area contributed by atoms with Gasteiger partial charge in [-0.05, 0) is 6.42 Å². The molecule has 1 fully saturated rings. The van der Waals surface area contributed by atoms with Gasteiger partial charge in [0.25, 0.3) is 11.8 Å². The Morgan fingerprint density at radius 1 is 1.00 bits per heavy atom. The molecule has 0 radical (unpaired) electrons. The van der Waals surface area contributed by atoms with Crippen LogP contribution < -0.4 is 10.6 Å². The van der Waals surface area contributed by atoms with E-state index in [9.17, 15) is 24.0 Å². The van der Waals surface area contributed by atoms with Crippen molar-refractivity contribution >= 4 is 29.6 Å². The zero-order chi connectivity index (χ0) is 19.0. The SMILES string of the molecule is CCCC(NC(=O)CC)C(NC(=O)CC)C(=O)ON1C(=O)CCC1=O. The molecule has 0 aromatic heterocycles. The lowest BCUT2D eigenvalue weighted by molar-refractivity contribution is -0.199. The van der Waals surface area contributed by atoms with Gasteiger partial charge in [0, 0.05) is 25.7 Å². The maximum Gasteiger partial charge on any atom is 0.357 e. The molecule has 1 heterocycles. The van der Waals surface area contributed by atoms with Gasteiger partial charge in [-0.25, -0.2) is 4.79 Å². The number of imide groups is 1. The first-order valence-corrected chi connectivity index (χ1v) is 8.50. The molecule has 0 saturated carbocycles. The van der Waals surface area contributed by atoms with Crippen LogP contribution in [0.2, 0.25) is 0 Å². The zero-order valence-corrected chi connectivity index (χ0v) is 14.8. The molecule has 2 unspecified atom stereocenters. The Kier molecular flexibility index (Phi) is 8.03. The Morgan fingerprint density at radius 3 is 2.00 bits per heavy atom. The Balaban J connectivity index is 2.96. The maximum atomic E-state index is 12.5. The van der Waals surface area contributed by atoms with E-state index in [1.54, 1.807) is 13.8 Å². The van der Waals surface area contributed by atoms with Crippen molar-refractivity contribution in [3.63, 3.8) is 0 Å². The van der Waals surface area contributed by atoms with Crippen LogP contribution in [0.5, 0.6) is 0 Å². The fraction of sp³-hybridized carbons (Fsp3) is 0.688. The number of nitrogens with zero attached hydrogens (tertiary/aromatic N) is 1. The van der Waals surface area contributed by atoms with Gasteiger partial charge in [-0.3, -0.25) is 19.2 Å². The van der Waals surface area contributed by atoms with Crippen LogP contribution in [0.1, 0.15) is 59.3 Å². The van der Waals surface area contributed by atoms with E-state index >= 15 is 0 Å². The lowest BCUT2D eigenvalue weighted by Gasteiger charge is -2.28. The molecule has 9 heteroatoms. The molecular formula is C16H25N3O6. The molecule has 1 saturated heterocycles. The highest BCUT2D eigenvalue weighted by atomic mass is 16.7. The van der Waals surface area contributed by atoms with Gasteiger partial charge in [-0.2, -0.15) is 0 Å². The first-order chi connectivity index (χ1) is 11.8. The molecular weight excluding hydrogens is 330 g/mol. The van der Waals surface area contributed by atoms with Crippen molar-refractivity contribution in [2.45, 2.75) is 71.4 Å². The van der Waals surface area contributed by atoms with Crippen LogP contribution in [0.4, 0.5) is 0 Å². The minimum Gasteiger partial charge on any atom is -0.351 e. The van der Waals surface area contributed by atoms with Gasteiger partial charge in [0.2, 0.25) is 11.8 Å². The first kappa shape index (κ1) is 20.6. The monoisotopic (exact) mass is 355 g/mol. The average Bonchev–Trinajstić information content (AvgIpc) is 2.90. The summed E-state index contributed by atoms with van der Waals surface area (Å²) in [4.78, 5) is 64.1. The van der Waals surface area contributed by atoms with Crippen molar-refractivity contribution in [3.05, 3.63) is 0 Å². The van der Waals surface area contributed by atoms with Crippen molar-refractivity contribution in [2.24, 2.45) is 0 Å². The molecule has 0 aliphatic carbocycles.